The van der Waals surface area contributed by atoms with Gasteiger partial charge in [0.1, 0.15) is 11.6 Å². The molecule has 23 heavy (non-hydrogen) atoms. The van der Waals surface area contributed by atoms with Crippen LogP contribution in [0, 0.1) is 23.5 Å². The molecule has 1 amide bonds. The van der Waals surface area contributed by atoms with Gasteiger partial charge in [0.05, 0.1) is 0 Å². The van der Waals surface area contributed by atoms with Crippen LogP contribution in [0.1, 0.15) is 50.0 Å². The maximum Gasteiger partial charge on any atom is 0.223 e. The largest absolute Gasteiger partial charge is 0.396 e. The molecule has 1 aromatic rings. The lowest BCUT2D eigenvalue weighted by Crippen LogP contribution is -2.42. The lowest BCUT2D eigenvalue weighted by Gasteiger charge is -2.24. The van der Waals surface area contributed by atoms with E-state index in [1.54, 1.807) is 0 Å². The first-order chi connectivity index (χ1) is 11.1. The van der Waals surface area contributed by atoms with E-state index in [1.165, 1.54) is 18.2 Å². The van der Waals surface area contributed by atoms with Crippen LogP contribution in [0.15, 0.2) is 18.2 Å². The third-order valence-electron chi connectivity index (χ3n) is 5.22. The van der Waals surface area contributed by atoms with E-state index in [0.717, 1.165) is 32.1 Å². The summed E-state index contributed by atoms with van der Waals surface area (Å²) in [5.74, 6) is -1.92. The lowest BCUT2D eigenvalue weighted by molar-refractivity contribution is -0.123. The van der Waals surface area contributed by atoms with Gasteiger partial charge in [0.15, 0.2) is 0 Å². The van der Waals surface area contributed by atoms with Crippen molar-refractivity contribution in [2.75, 3.05) is 6.61 Å². The predicted molar refractivity (Wildman–Crippen MR) is 82.8 cm³/mol. The number of hydrogen-bond donors (Lipinski definition) is 2. The topological polar surface area (TPSA) is 49.3 Å². The lowest BCUT2D eigenvalue weighted by atomic mass is 9.95. The summed E-state index contributed by atoms with van der Waals surface area (Å²) in [6.45, 7) is 0.0704. The van der Waals surface area contributed by atoms with Crippen molar-refractivity contribution in [3.8, 4) is 0 Å². The third kappa shape index (κ3) is 3.55. The average molecular weight is 323 g/mol. The molecule has 3 nitrogen and oxygen atoms in total. The zero-order valence-electron chi connectivity index (χ0n) is 13.1. The van der Waals surface area contributed by atoms with Gasteiger partial charge in [0, 0.05) is 36.0 Å². The first-order valence-corrected chi connectivity index (χ1v) is 8.47. The van der Waals surface area contributed by atoms with Gasteiger partial charge in [-0.15, -0.1) is 0 Å². The predicted octanol–water partition coefficient (Wildman–Crippen LogP) is 3.13. The second-order valence-electron chi connectivity index (χ2n) is 6.78. The third-order valence-corrected chi connectivity index (χ3v) is 5.22. The highest BCUT2D eigenvalue weighted by molar-refractivity contribution is 5.83. The number of aliphatic hydroxyl groups is 1. The Morgan fingerprint density at radius 2 is 1.87 bits per heavy atom. The van der Waals surface area contributed by atoms with Crippen LogP contribution in [0.2, 0.25) is 0 Å². The Morgan fingerprint density at radius 3 is 2.57 bits per heavy atom. The van der Waals surface area contributed by atoms with Gasteiger partial charge in [-0.25, -0.2) is 8.78 Å². The van der Waals surface area contributed by atoms with Gasteiger partial charge in [-0.05, 0) is 31.4 Å². The van der Waals surface area contributed by atoms with Crippen molar-refractivity contribution in [1.82, 2.24) is 5.32 Å². The summed E-state index contributed by atoms with van der Waals surface area (Å²) in [5.41, 5.74) is 0.0345. The molecule has 126 valence electrons. The van der Waals surface area contributed by atoms with Crippen LogP contribution in [-0.2, 0) is 4.79 Å². The molecule has 0 bridgehead atoms. The van der Waals surface area contributed by atoms with Crippen LogP contribution in [0.25, 0.3) is 0 Å². The SMILES string of the molecule is O=C(NC1CCCCCC1CO)C1CC1c1c(F)cccc1F. The summed E-state index contributed by atoms with van der Waals surface area (Å²) in [5, 5.41) is 12.5. The van der Waals surface area contributed by atoms with Crippen LogP contribution in [0.3, 0.4) is 0 Å². The van der Waals surface area contributed by atoms with Gasteiger partial charge >= 0.3 is 0 Å². The van der Waals surface area contributed by atoms with Crippen LogP contribution in [0.5, 0.6) is 0 Å². The van der Waals surface area contributed by atoms with E-state index in [9.17, 15) is 18.7 Å². The highest BCUT2D eigenvalue weighted by Crippen LogP contribution is 2.49. The van der Waals surface area contributed by atoms with E-state index in [1.807, 2.05) is 0 Å². The van der Waals surface area contributed by atoms with Crippen LogP contribution in [-0.4, -0.2) is 23.7 Å². The molecular weight excluding hydrogens is 300 g/mol. The molecule has 2 aliphatic rings. The minimum Gasteiger partial charge on any atom is -0.396 e. The molecule has 1 aromatic carbocycles. The number of carbonyl (C=O) groups is 1. The van der Waals surface area contributed by atoms with E-state index in [2.05, 4.69) is 5.32 Å². The number of halogens is 2. The smallest absolute Gasteiger partial charge is 0.223 e. The molecule has 0 radical (unpaired) electrons. The fraction of sp³-hybridized carbons (Fsp3) is 0.611. The Labute approximate surface area is 135 Å². The van der Waals surface area contributed by atoms with Crippen LogP contribution in [0.4, 0.5) is 8.78 Å². The number of rotatable bonds is 4. The van der Waals surface area contributed by atoms with E-state index in [-0.39, 0.29) is 41.9 Å². The van der Waals surface area contributed by atoms with E-state index in [4.69, 9.17) is 0 Å². The molecule has 0 aliphatic heterocycles. The fourth-order valence-electron chi connectivity index (χ4n) is 3.75. The van der Waals surface area contributed by atoms with Gasteiger partial charge in [0.25, 0.3) is 0 Å². The first-order valence-electron chi connectivity index (χ1n) is 8.47. The van der Waals surface area contributed by atoms with Crippen molar-refractivity contribution in [1.29, 1.82) is 0 Å². The summed E-state index contributed by atoms with van der Waals surface area (Å²) in [6, 6.07) is 3.78. The number of carbonyl (C=O) groups excluding carboxylic acids is 1. The summed E-state index contributed by atoms with van der Waals surface area (Å²) >= 11 is 0. The molecule has 2 aliphatic carbocycles. The zero-order valence-corrected chi connectivity index (χ0v) is 13.1. The quantitative estimate of drug-likeness (QED) is 0.837. The van der Waals surface area contributed by atoms with Gasteiger partial charge < -0.3 is 10.4 Å². The number of benzene rings is 1. The van der Waals surface area contributed by atoms with Crippen LogP contribution < -0.4 is 5.32 Å². The van der Waals surface area contributed by atoms with E-state index in [0.29, 0.717) is 6.42 Å². The van der Waals surface area contributed by atoms with Crippen LogP contribution >= 0.6 is 0 Å². The standard InChI is InChI=1S/C18H23F2NO2/c19-14-6-4-7-15(20)17(14)12-9-13(12)18(23)21-16-8-3-1-2-5-11(16)10-22/h4,6-7,11-13,16,22H,1-3,5,8-10H2,(H,21,23). The van der Waals surface area contributed by atoms with Crippen molar-refractivity contribution in [2.24, 2.45) is 11.8 Å². The highest BCUT2D eigenvalue weighted by atomic mass is 19.1. The maximum atomic E-state index is 13.8. The Bertz CT molecular complexity index is 558. The number of aliphatic hydroxyl groups excluding tert-OH is 1. The van der Waals surface area contributed by atoms with Gasteiger partial charge in [-0.1, -0.05) is 25.3 Å². The number of nitrogens with one attached hydrogen (secondary N) is 1. The van der Waals surface area contributed by atoms with Gasteiger partial charge in [0.2, 0.25) is 5.91 Å². The van der Waals surface area contributed by atoms with Gasteiger partial charge in [-0.2, -0.15) is 0 Å². The Morgan fingerprint density at radius 1 is 1.17 bits per heavy atom. The summed E-state index contributed by atoms with van der Waals surface area (Å²) < 4.78 is 27.6. The minimum absolute atomic E-state index is 0.0262. The second-order valence-corrected chi connectivity index (χ2v) is 6.78. The molecule has 0 aromatic heterocycles. The summed E-state index contributed by atoms with van der Waals surface area (Å²) in [7, 11) is 0. The monoisotopic (exact) mass is 323 g/mol. The Hall–Kier alpha value is -1.49. The molecule has 4 atom stereocenters. The number of amides is 1. The molecule has 5 heteroatoms. The molecule has 0 saturated heterocycles. The summed E-state index contributed by atoms with van der Waals surface area (Å²) in [4.78, 5) is 12.4. The Kier molecular flexibility index (Phi) is 4.95. The molecule has 2 fully saturated rings. The molecule has 4 unspecified atom stereocenters. The van der Waals surface area contributed by atoms with Gasteiger partial charge in [-0.3, -0.25) is 4.79 Å². The average Bonchev–Trinajstić information content (AvgIpc) is 3.31. The fourth-order valence-corrected chi connectivity index (χ4v) is 3.75. The second kappa shape index (κ2) is 6.95. The first kappa shape index (κ1) is 16.4. The van der Waals surface area contributed by atoms with Crippen molar-refractivity contribution in [3.05, 3.63) is 35.4 Å². The molecule has 2 saturated carbocycles. The molecule has 0 heterocycles. The van der Waals surface area contributed by atoms with Crippen molar-refractivity contribution >= 4 is 5.91 Å². The van der Waals surface area contributed by atoms with Crippen molar-refractivity contribution in [3.63, 3.8) is 0 Å². The number of hydrogen-bond acceptors (Lipinski definition) is 2. The molecule has 3 rings (SSSR count). The Balaban J connectivity index is 1.64. The molecule has 0 spiro atoms. The van der Waals surface area contributed by atoms with E-state index < -0.39 is 11.6 Å². The van der Waals surface area contributed by atoms with E-state index >= 15 is 0 Å². The maximum absolute atomic E-state index is 13.8. The molecule has 2 N–H and O–H groups in total. The normalized spacial score (nSPS) is 30.6. The van der Waals surface area contributed by atoms with Crippen molar-refractivity contribution in [2.45, 2.75) is 50.5 Å². The zero-order chi connectivity index (χ0) is 16.4. The van der Waals surface area contributed by atoms with Crippen molar-refractivity contribution < 1.29 is 18.7 Å². The minimum atomic E-state index is -0.576. The summed E-state index contributed by atoms with van der Waals surface area (Å²) in [6.07, 6.45) is 5.50. The highest BCUT2D eigenvalue weighted by Gasteiger charge is 2.47. The molecular formula is C18H23F2NO2.